The van der Waals surface area contributed by atoms with Crippen LogP contribution in [0.15, 0.2) is 0 Å². The van der Waals surface area contributed by atoms with Gasteiger partial charge in [0.05, 0.1) is 18.6 Å². The number of nitrogens with one attached hydrogen (secondary N) is 2. The smallest absolute Gasteiger partial charge is 0.326 e. The van der Waals surface area contributed by atoms with Gasteiger partial charge in [0.2, 0.25) is 11.8 Å². The van der Waals surface area contributed by atoms with Crippen molar-refractivity contribution in [3.05, 3.63) is 0 Å². The van der Waals surface area contributed by atoms with Crippen molar-refractivity contribution in [2.24, 2.45) is 5.92 Å². The molecule has 1 rings (SSSR count). The Morgan fingerprint density at radius 3 is 2.27 bits per heavy atom. The molecule has 3 N–H and O–H groups in total. The van der Waals surface area contributed by atoms with Crippen LogP contribution in [0.5, 0.6) is 0 Å². The van der Waals surface area contributed by atoms with Gasteiger partial charge < -0.3 is 20.5 Å². The second-order valence-electron chi connectivity index (χ2n) is 6.28. The number of carboxylic acids is 1. The molecular formula is C15H26N2O5. The SMILES string of the molecule is COC1(CC(=O)NCC(=O)N[C@@H](CC(C)C)C(=O)O)CCC1. The quantitative estimate of drug-likeness (QED) is 0.580. The number of carboxylic acid groups (broad SMARTS) is 1. The summed E-state index contributed by atoms with van der Waals surface area (Å²) < 4.78 is 5.35. The van der Waals surface area contributed by atoms with E-state index in [1.54, 1.807) is 7.11 Å². The van der Waals surface area contributed by atoms with Gasteiger partial charge in [0, 0.05) is 7.11 Å². The molecule has 0 bridgehead atoms. The van der Waals surface area contributed by atoms with E-state index in [1.165, 1.54) is 0 Å². The molecule has 1 fully saturated rings. The first kappa shape index (κ1) is 18.4. The van der Waals surface area contributed by atoms with Crippen molar-refractivity contribution in [3.8, 4) is 0 Å². The zero-order valence-corrected chi connectivity index (χ0v) is 13.5. The Hall–Kier alpha value is -1.63. The highest BCUT2D eigenvalue weighted by Crippen LogP contribution is 2.37. The van der Waals surface area contributed by atoms with Gasteiger partial charge in [0.25, 0.3) is 0 Å². The fourth-order valence-electron chi connectivity index (χ4n) is 2.50. The Labute approximate surface area is 130 Å². The van der Waals surface area contributed by atoms with Gasteiger partial charge in [-0.15, -0.1) is 0 Å². The number of rotatable bonds is 9. The van der Waals surface area contributed by atoms with Gasteiger partial charge in [-0.3, -0.25) is 9.59 Å². The summed E-state index contributed by atoms with van der Waals surface area (Å²) in [6.45, 7) is 3.54. The Morgan fingerprint density at radius 1 is 1.23 bits per heavy atom. The van der Waals surface area contributed by atoms with Crippen molar-refractivity contribution in [1.29, 1.82) is 0 Å². The Bertz CT molecular complexity index is 413. The van der Waals surface area contributed by atoms with E-state index in [2.05, 4.69) is 10.6 Å². The molecule has 7 heteroatoms. The molecule has 1 atom stereocenters. The zero-order valence-electron chi connectivity index (χ0n) is 13.5. The van der Waals surface area contributed by atoms with Crippen LogP contribution in [0.4, 0.5) is 0 Å². The summed E-state index contributed by atoms with van der Waals surface area (Å²) in [6, 6.07) is -0.929. The van der Waals surface area contributed by atoms with E-state index in [1.807, 2.05) is 13.8 Å². The van der Waals surface area contributed by atoms with E-state index in [-0.39, 0.29) is 30.4 Å². The van der Waals surface area contributed by atoms with E-state index in [0.29, 0.717) is 6.42 Å². The minimum atomic E-state index is -1.07. The van der Waals surface area contributed by atoms with Gasteiger partial charge in [-0.1, -0.05) is 13.8 Å². The maximum Gasteiger partial charge on any atom is 0.326 e. The highest BCUT2D eigenvalue weighted by molar-refractivity contribution is 5.88. The number of aliphatic carboxylic acids is 1. The number of hydrogen-bond donors (Lipinski definition) is 3. The Balaban J connectivity index is 2.35. The summed E-state index contributed by atoms with van der Waals surface area (Å²) in [5.41, 5.74) is -0.387. The molecule has 7 nitrogen and oxygen atoms in total. The minimum absolute atomic E-state index is 0.149. The second-order valence-corrected chi connectivity index (χ2v) is 6.28. The molecule has 22 heavy (non-hydrogen) atoms. The molecule has 126 valence electrons. The lowest BCUT2D eigenvalue weighted by Crippen LogP contribution is -2.48. The molecule has 0 spiro atoms. The summed E-state index contributed by atoms with van der Waals surface area (Å²) in [5.74, 6) is -1.67. The van der Waals surface area contributed by atoms with Crippen LogP contribution in [0.1, 0.15) is 46.0 Å². The molecule has 0 saturated heterocycles. The summed E-state index contributed by atoms with van der Waals surface area (Å²) in [6.07, 6.45) is 3.31. The fourth-order valence-corrected chi connectivity index (χ4v) is 2.50. The lowest BCUT2D eigenvalue weighted by atomic mass is 9.77. The molecule has 1 saturated carbocycles. The van der Waals surface area contributed by atoms with Crippen LogP contribution in [0.3, 0.4) is 0 Å². The van der Waals surface area contributed by atoms with E-state index < -0.39 is 17.9 Å². The molecule has 0 aromatic heterocycles. The second kappa shape index (κ2) is 8.12. The lowest BCUT2D eigenvalue weighted by molar-refractivity contribution is -0.142. The predicted octanol–water partition coefficient (Wildman–Crippen LogP) is 0.677. The maximum absolute atomic E-state index is 11.8. The molecular weight excluding hydrogens is 288 g/mol. The number of hydrogen-bond acceptors (Lipinski definition) is 4. The van der Waals surface area contributed by atoms with E-state index in [4.69, 9.17) is 9.84 Å². The molecule has 0 heterocycles. The number of carbonyl (C=O) groups is 3. The van der Waals surface area contributed by atoms with Crippen LogP contribution in [0.2, 0.25) is 0 Å². The van der Waals surface area contributed by atoms with Crippen molar-refractivity contribution >= 4 is 17.8 Å². The predicted molar refractivity (Wildman–Crippen MR) is 80.2 cm³/mol. The average Bonchev–Trinajstić information content (AvgIpc) is 2.39. The molecule has 0 unspecified atom stereocenters. The Kier molecular flexibility index (Phi) is 6.80. The van der Waals surface area contributed by atoms with Crippen LogP contribution in [-0.4, -0.2) is 48.2 Å². The van der Waals surface area contributed by atoms with Crippen LogP contribution in [0.25, 0.3) is 0 Å². The number of methoxy groups -OCH3 is 1. The summed E-state index contributed by atoms with van der Waals surface area (Å²) in [7, 11) is 1.59. The highest BCUT2D eigenvalue weighted by atomic mass is 16.5. The number of amides is 2. The van der Waals surface area contributed by atoms with Crippen molar-refractivity contribution < 1.29 is 24.2 Å². The monoisotopic (exact) mass is 314 g/mol. The summed E-state index contributed by atoms with van der Waals surface area (Å²) in [4.78, 5) is 34.6. The van der Waals surface area contributed by atoms with Gasteiger partial charge in [-0.25, -0.2) is 4.79 Å². The molecule has 0 aromatic rings. The number of ether oxygens (including phenoxy) is 1. The van der Waals surface area contributed by atoms with Crippen molar-refractivity contribution in [1.82, 2.24) is 10.6 Å². The average molecular weight is 314 g/mol. The maximum atomic E-state index is 11.8. The van der Waals surface area contributed by atoms with E-state index in [0.717, 1.165) is 19.3 Å². The third-order valence-electron chi connectivity index (χ3n) is 3.97. The van der Waals surface area contributed by atoms with Gasteiger partial charge in [-0.2, -0.15) is 0 Å². The van der Waals surface area contributed by atoms with Crippen molar-refractivity contribution in [2.45, 2.75) is 57.6 Å². The zero-order chi connectivity index (χ0) is 16.8. The van der Waals surface area contributed by atoms with Crippen LogP contribution in [-0.2, 0) is 19.1 Å². The first-order chi connectivity index (χ1) is 10.3. The van der Waals surface area contributed by atoms with Gasteiger partial charge in [0.15, 0.2) is 0 Å². The van der Waals surface area contributed by atoms with Crippen LogP contribution < -0.4 is 10.6 Å². The normalized spacial score (nSPS) is 17.5. The molecule has 2 amide bonds. The first-order valence-corrected chi connectivity index (χ1v) is 7.62. The number of carbonyl (C=O) groups excluding carboxylic acids is 2. The van der Waals surface area contributed by atoms with Crippen LogP contribution in [0, 0.1) is 5.92 Å². The van der Waals surface area contributed by atoms with E-state index >= 15 is 0 Å². The first-order valence-electron chi connectivity index (χ1n) is 7.62. The van der Waals surface area contributed by atoms with Gasteiger partial charge in [-0.05, 0) is 31.6 Å². The molecule has 0 radical (unpaired) electrons. The summed E-state index contributed by atoms with van der Waals surface area (Å²) in [5, 5.41) is 14.0. The van der Waals surface area contributed by atoms with Crippen molar-refractivity contribution in [2.75, 3.05) is 13.7 Å². The highest BCUT2D eigenvalue weighted by Gasteiger charge is 2.39. The lowest BCUT2D eigenvalue weighted by Gasteiger charge is -2.39. The Morgan fingerprint density at radius 2 is 1.86 bits per heavy atom. The largest absolute Gasteiger partial charge is 0.480 e. The molecule has 0 aliphatic heterocycles. The standard InChI is InChI=1S/C15H26N2O5/c1-10(2)7-11(14(20)21)17-13(19)9-16-12(18)8-15(22-3)5-4-6-15/h10-11H,4-9H2,1-3H3,(H,16,18)(H,17,19)(H,20,21)/t11-/m0/s1. The molecule has 0 aromatic carbocycles. The fraction of sp³-hybridized carbons (Fsp3) is 0.800. The molecule has 1 aliphatic carbocycles. The van der Waals surface area contributed by atoms with Crippen LogP contribution >= 0.6 is 0 Å². The third kappa shape index (κ3) is 5.63. The van der Waals surface area contributed by atoms with Gasteiger partial charge in [0.1, 0.15) is 6.04 Å². The van der Waals surface area contributed by atoms with Gasteiger partial charge >= 0.3 is 5.97 Å². The summed E-state index contributed by atoms with van der Waals surface area (Å²) >= 11 is 0. The van der Waals surface area contributed by atoms with E-state index in [9.17, 15) is 14.4 Å². The minimum Gasteiger partial charge on any atom is -0.480 e. The van der Waals surface area contributed by atoms with Crippen molar-refractivity contribution in [3.63, 3.8) is 0 Å². The third-order valence-corrected chi connectivity index (χ3v) is 3.97. The topological polar surface area (TPSA) is 105 Å². The molecule has 1 aliphatic rings.